The van der Waals surface area contributed by atoms with Crippen molar-refractivity contribution in [3.05, 3.63) is 34.9 Å². The van der Waals surface area contributed by atoms with Crippen LogP contribution >= 0.6 is 0 Å². The molecule has 2 aromatic rings. The third-order valence-corrected chi connectivity index (χ3v) is 3.73. The quantitative estimate of drug-likeness (QED) is 0.800. The summed E-state index contributed by atoms with van der Waals surface area (Å²) in [4.78, 5) is 30.3. The standard InChI is InChI=1S/C16H15N5O2/c1-2-3-7-16(20-21-16)8-6-14(22)19-11-4-5-13-12(9-11)15(23)18-10-17-13/h1,4-5,9-10H,3,6-8H2,(H,19,22)(H,17,18,23). The zero-order valence-corrected chi connectivity index (χ0v) is 12.4. The van der Waals surface area contributed by atoms with Gasteiger partial charge in [0.05, 0.1) is 17.2 Å². The van der Waals surface area contributed by atoms with E-state index >= 15 is 0 Å². The van der Waals surface area contributed by atoms with Crippen LogP contribution in [-0.4, -0.2) is 21.5 Å². The van der Waals surface area contributed by atoms with E-state index in [9.17, 15) is 9.59 Å². The number of carbonyl (C=O) groups excluding carboxylic acids is 1. The zero-order chi connectivity index (χ0) is 16.3. The van der Waals surface area contributed by atoms with Gasteiger partial charge in [-0.3, -0.25) is 9.59 Å². The summed E-state index contributed by atoms with van der Waals surface area (Å²) in [6, 6.07) is 5.02. The molecular formula is C16H15N5O2. The maximum Gasteiger partial charge on any atom is 0.258 e. The van der Waals surface area contributed by atoms with Crippen LogP contribution in [0, 0.1) is 12.3 Å². The van der Waals surface area contributed by atoms with Gasteiger partial charge in [0.15, 0.2) is 5.66 Å². The number of aromatic amines is 1. The van der Waals surface area contributed by atoms with Gasteiger partial charge in [0.25, 0.3) is 5.56 Å². The Morgan fingerprint density at radius 3 is 2.91 bits per heavy atom. The molecule has 7 nitrogen and oxygen atoms in total. The van der Waals surface area contributed by atoms with Gasteiger partial charge in [0.1, 0.15) is 0 Å². The van der Waals surface area contributed by atoms with E-state index in [-0.39, 0.29) is 11.5 Å². The summed E-state index contributed by atoms with van der Waals surface area (Å²) in [5, 5.41) is 11.2. The molecule has 1 aromatic heterocycles. The SMILES string of the molecule is C#CCCC1(CCC(=O)Nc2ccc3nc[nH]c(=O)c3c2)N=N1. The summed E-state index contributed by atoms with van der Waals surface area (Å²) in [5.74, 6) is 2.40. The van der Waals surface area contributed by atoms with Crippen molar-refractivity contribution in [3.63, 3.8) is 0 Å². The van der Waals surface area contributed by atoms with E-state index < -0.39 is 5.66 Å². The second-order valence-corrected chi connectivity index (χ2v) is 5.40. The van der Waals surface area contributed by atoms with Gasteiger partial charge in [-0.25, -0.2) is 4.98 Å². The van der Waals surface area contributed by atoms with E-state index in [2.05, 4.69) is 31.4 Å². The fraction of sp³-hybridized carbons (Fsp3) is 0.312. The minimum atomic E-state index is -0.464. The molecule has 0 saturated heterocycles. The molecule has 0 saturated carbocycles. The number of amides is 1. The highest BCUT2D eigenvalue weighted by Gasteiger charge is 2.39. The van der Waals surface area contributed by atoms with Crippen LogP contribution in [0.15, 0.2) is 39.5 Å². The van der Waals surface area contributed by atoms with Crippen LogP contribution in [0.2, 0.25) is 0 Å². The normalized spacial score (nSPS) is 14.4. The lowest BCUT2D eigenvalue weighted by atomic mass is 10.0. The van der Waals surface area contributed by atoms with Crippen molar-refractivity contribution < 1.29 is 4.79 Å². The van der Waals surface area contributed by atoms with Crippen LogP contribution in [0.5, 0.6) is 0 Å². The highest BCUT2D eigenvalue weighted by Crippen LogP contribution is 2.37. The summed E-state index contributed by atoms with van der Waals surface area (Å²) in [5.41, 5.74) is 0.433. The van der Waals surface area contributed by atoms with Gasteiger partial charge in [0.2, 0.25) is 5.91 Å². The van der Waals surface area contributed by atoms with Gasteiger partial charge in [-0.15, -0.1) is 12.3 Å². The van der Waals surface area contributed by atoms with E-state index in [1.165, 1.54) is 6.33 Å². The fourth-order valence-corrected chi connectivity index (χ4v) is 2.35. The smallest absolute Gasteiger partial charge is 0.258 e. The first-order valence-electron chi connectivity index (χ1n) is 7.27. The van der Waals surface area contributed by atoms with Crippen LogP contribution in [0.4, 0.5) is 5.69 Å². The number of benzene rings is 1. The molecule has 1 amide bonds. The number of H-pyrrole nitrogens is 1. The molecule has 2 N–H and O–H groups in total. The van der Waals surface area contributed by atoms with Crippen LogP contribution in [0.1, 0.15) is 25.7 Å². The highest BCUT2D eigenvalue weighted by molar-refractivity contribution is 5.93. The molecule has 0 spiro atoms. The molecule has 0 atom stereocenters. The molecule has 3 rings (SSSR count). The Labute approximate surface area is 132 Å². The molecule has 0 aliphatic carbocycles. The number of aromatic nitrogens is 2. The van der Waals surface area contributed by atoms with E-state index in [4.69, 9.17) is 6.42 Å². The number of hydrogen-bond acceptors (Lipinski definition) is 5. The molecule has 0 bridgehead atoms. The first-order valence-corrected chi connectivity index (χ1v) is 7.27. The summed E-state index contributed by atoms with van der Waals surface area (Å²) in [7, 11) is 0. The number of fused-ring (bicyclic) bond motifs is 1. The molecular weight excluding hydrogens is 294 g/mol. The van der Waals surface area contributed by atoms with E-state index in [1.54, 1.807) is 18.2 Å². The van der Waals surface area contributed by atoms with Crippen LogP contribution in [0.25, 0.3) is 10.9 Å². The molecule has 23 heavy (non-hydrogen) atoms. The Hall–Kier alpha value is -3.01. The van der Waals surface area contributed by atoms with Crippen LogP contribution < -0.4 is 10.9 Å². The predicted molar refractivity (Wildman–Crippen MR) is 85.9 cm³/mol. The monoisotopic (exact) mass is 309 g/mol. The molecule has 7 heteroatoms. The number of anilines is 1. The van der Waals surface area contributed by atoms with Gasteiger partial charge < -0.3 is 10.3 Å². The Kier molecular flexibility index (Phi) is 3.89. The van der Waals surface area contributed by atoms with Crippen LogP contribution in [0.3, 0.4) is 0 Å². The summed E-state index contributed by atoms with van der Waals surface area (Å²) < 4.78 is 0. The highest BCUT2D eigenvalue weighted by atomic mass is 16.1. The zero-order valence-electron chi connectivity index (χ0n) is 12.4. The van der Waals surface area contributed by atoms with Crippen molar-refractivity contribution in [2.45, 2.75) is 31.3 Å². The molecule has 2 heterocycles. The van der Waals surface area contributed by atoms with Gasteiger partial charge in [-0.05, 0) is 18.2 Å². The largest absolute Gasteiger partial charge is 0.326 e. The Balaban J connectivity index is 1.61. The van der Waals surface area contributed by atoms with Crippen molar-refractivity contribution in [3.8, 4) is 12.3 Å². The first-order chi connectivity index (χ1) is 11.1. The average Bonchev–Trinajstić information content (AvgIpc) is 3.32. The molecule has 116 valence electrons. The maximum atomic E-state index is 12.0. The third-order valence-electron chi connectivity index (χ3n) is 3.73. The molecule has 1 aliphatic heterocycles. The van der Waals surface area contributed by atoms with Crippen molar-refractivity contribution in [1.29, 1.82) is 0 Å². The van der Waals surface area contributed by atoms with Gasteiger partial charge in [-0.2, -0.15) is 10.2 Å². The maximum absolute atomic E-state index is 12.0. The first kappa shape index (κ1) is 14.9. The average molecular weight is 309 g/mol. The molecule has 1 aromatic carbocycles. The number of hydrogen-bond donors (Lipinski definition) is 2. The minimum absolute atomic E-state index is 0.151. The van der Waals surface area contributed by atoms with Gasteiger partial charge >= 0.3 is 0 Å². The van der Waals surface area contributed by atoms with Crippen LogP contribution in [-0.2, 0) is 4.79 Å². The predicted octanol–water partition coefficient (Wildman–Crippen LogP) is 2.22. The Bertz CT molecular complexity index is 872. The summed E-state index contributed by atoms with van der Waals surface area (Å²) in [6.45, 7) is 0. The van der Waals surface area contributed by atoms with Gasteiger partial charge in [0, 0.05) is 31.4 Å². The minimum Gasteiger partial charge on any atom is -0.326 e. The molecule has 0 radical (unpaired) electrons. The van der Waals surface area contributed by atoms with Crippen molar-refractivity contribution in [1.82, 2.24) is 9.97 Å². The summed E-state index contributed by atoms with van der Waals surface area (Å²) >= 11 is 0. The third kappa shape index (κ3) is 3.43. The van der Waals surface area contributed by atoms with E-state index in [0.29, 0.717) is 42.3 Å². The topological polar surface area (TPSA) is 99.6 Å². The molecule has 1 aliphatic rings. The Morgan fingerprint density at radius 1 is 1.35 bits per heavy atom. The lowest BCUT2D eigenvalue weighted by Gasteiger charge is -2.09. The van der Waals surface area contributed by atoms with Gasteiger partial charge in [-0.1, -0.05) is 0 Å². The lowest BCUT2D eigenvalue weighted by Crippen LogP contribution is -2.18. The van der Waals surface area contributed by atoms with E-state index in [0.717, 1.165) is 0 Å². The second kappa shape index (κ2) is 6.01. The fourth-order valence-electron chi connectivity index (χ4n) is 2.35. The number of nitrogens with one attached hydrogen (secondary N) is 2. The Morgan fingerprint density at radius 2 is 2.17 bits per heavy atom. The molecule has 0 fully saturated rings. The molecule has 0 unspecified atom stereocenters. The van der Waals surface area contributed by atoms with Crippen molar-refractivity contribution >= 4 is 22.5 Å². The second-order valence-electron chi connectivity index (χ2n) is 5.40. The van der Waals surface area contributed by atoms with Crippen molar-refractivity contribution in [2.24, 2.45) is 10.2 Å². The number of carbonyl (C=O) groups is 1. The van der Waals surface area contributed by atoms with Crippen molar-refractivity contribution in [2.75, 3.05) is 5.32 Å². The summed E-state index contributed by atoms with van der Waals surface area (Å²) in [6.07, 6.45) is 8.68. The number of nitrogens with zero attached hydrogens (tertiary/aromatic N) is 3. The van der Waals surface area contributed by atoms with E-state index in [1.807, 2.05) is 0 Å². The number of rotatable bonds is 6. The lowest BCUT2D eigenvalue weighted by molar-refractivity contribution is -0.116. The number of terminal acetylenes is 1.